The molecule has 6 heteroatoms. The van der Waals surface area contributed by atoms with Crippen LogP contribution in [0.1, 0.15) is 11.1 Å². The molecule has 33 heavy (non-hydrogen) atoms. The molecule has 0 saturated heterocycles. The number of hydrogen-bond acceptors (Lipinski definition) is 6. The van der Waals surface area contributed by atoms with Gasteiger partial charge in [-0.25, -0.2) is 9.97 Å². The van der Waals surface area contributed by atoms with E-state index in [1.807, 2.05) is 78.9 Å². The molecule has 0 fully saturated rings. The molecule has 0 saturated carbocycles. The third-order valence-electron chi connectivity index (χ3n) is 5.40. The monoisotopic (exact) mass is 433 g/mol. The summed E-state index contributed by atoms with van der Waals surface area (Å²) in [5, 5.41) is 0. The second-order valence-electron chi connectivity index (χ2n) is 7.63. The van der Waals surface area contributed by atoms with Gasteiger partial charge in [-0.1, -0.05) is 54.6 Å². The van der Waals surface area contributed by atoms with Crippen LogP contribution in [0, 0.1) is 0 Å². The van der Waals surface area contributed by atoms with Crippen LogP contribution < -0.4 is 10.5 Å². The summed E-state index contributed by atoms with van der Waals surface area (Å²) in [6.07, 6.45) is 4.35. The van der Waals surface area contributed by atoms with Gasteiger partial charge in [0.2, 0.25) is 5.88 Å². The van der Waals surface area contributed by atoms with Gasteiger partial charge in [0, 0.05) is 42.6 Å². The fourth-order valence-corrected chi connectivity index (χ4v) is 3.63. The van der Waals surface area contributed by atoms with Gasteiger partial charge in [-0.15, -0.1) is 0 Å². The van der Waals surface area contributed by atoms with Gasteiger partial charge < -0.3 is 10.5 Å². The summed E-state index contributed by atoms with van der Waals surface area (Å²) in [5.41, 5.74) is 12.8. The summed E-state index contributed by atoms with van der Waals surface area (Å²) in [6, 6.07) is 25.9. The zero-order valence-corrected chi connectivity index (χ0v) is 18.1. The first kappa shape index (κ1) is 20.7. The summed E-state index contributed by atoms with van der Waals surface area (Å²) in [5.74, 6) is 0.532. The minimum atomic E-state index is 0.503. The van der Waals surface area contributed by atoms with Gasteiger partial charge in [0.1, 0.15) is 5.52 Å². The van der Waals surface area contributed by atoms with E-state index in [2.05, 4.69) is 9.97 Å². The molecule has 2 N–H and O–H groups in total. The molecular weight excluding hydrogens is 410 g/mol. The first-order chi connectivity index (χ1) is 16.3. The summed E-state index contributed by atoms with van der Waals surface area (Å²) in [6.45, 7) is 1.02. The largest absolute Gasteiger partial charge is 0.477 e. The van der Waals surface area contributed by atoms with Crippen molar-refractivity contribution in [2.24, 2.45) is 5.73 Å². The number of hydrogen-bond donors (Lipinski definition) is 1. The van der Waals surface area contributed by atoms with Gasteiger partial charge in [-0.2, -0.15) is 4.98 Å². The molecule has 0 aliphatic carbocycles. The zero-order valence-electron chi connectivity index (χ0n) is 18.1. The van der Waals surface area contributed by atoms with E-state index in [-0.39, 0.29) is 0 Å². The molecule has 5 rings (SSSR count). The van der Waals surface area contributed by atoms with Gasteiger partial charge >= 0.3 is 0 Å². The van der Waals surface area contributed by atoms with Crippen LogP contribution in [0.5, 0.6) is 5.88 Å². The highest BCUT2D eigenvalue weighted by Gasteiger charge is 2.14. The fraction of sp³-hybridized carbons (Fsp3) is 0.111. The second kappa shape index (κ2) is 9.54. The minimum absolute atomic E-state index is 0.503. The number of fused-ring (bicyclic) bond motifs is 1. The number of nitrogens with zero attached hydrogens (tertiary/aromatic N) is 4. The molecule has 0 amide bonds. The number of ether oxygens (including phenoxy) is 1. The first-order valence-electron chi connectivity index (χ1n) is 10.9. The van der Waals surface area contributed by atoms with Crippen molar-refractivity contribution < 1.29 is 4.74 Å². The van der Waals surface area contributed by atoms with Crippen molar-refractivity contribution in [1.29, 1.82) is 0 Å². The fourth-order valence-electron chi connectivity index (χ4n) is 3.63. The van der Waals surface area contributed by atoms with Crippen molar-refractivity contribution in [3.8, 4) is 28.4 Å². The number of rotatable bonds is 7. The lowest BCUT2D eigenvalue weighted by Crippen LogP contribution is -2.04. The number of nitrogens with two attached hydrogens (primary N) is 1. The highest BCUT2D eigenvalue weighted by molar-refractivity contribution is 5.84. The maximum absolute atomic E-state index is 5.89. The van der Waals surface area contributed by atoms with Crippen LogP contribution >= 0.6 is 0 Å². The van der Waals surface area contributed by atoms with Crippen LogP contribution in [-0.4, -0.2) is 26.5 Å². The Labute approximate surface area is 192 Å². The summed E-state index contributed by atoms with van der Waals surface area (Å²) < 4.78 is 5.89. The topological polar surface area (TPSA) is 86.8 Å². The zero-order chi connectivity index (χ0) is 22.5. The molecule has 3 aromatic heterocycles. The summed E-state index contributed by atoms with van der Waals surface area (Å²) in [7, 11) is 0. The van der Waals surface area contributed by atoms with Gasteiger partial charge in [0.05, 0.1) is 18.0 Å². The van der Waals surface area contributed by atoms with E-state index in [9.17, 15) is 0 Å². The van der Waals surface area contributed by atoms with Crippen molar-refractivity contribution in [3.63, 3.8) is 0 Å². The Balaban J connectivity index is 1.50. The van der Waals surface area contributed by atoms with Crippen molar-refractivity contribution in [1.82, 2.24) is 19.9 Å². The van der Waals surface area contributed by atoms with Gasteiger partial charge in [-0.05, 0) is 29.3 Å². The lowest BCUT2D eigenvalue weighted by atomic mass is 10.0. The molecule has 2 aromatic carbocycles. The van der Waals surface area contributed by atoms with Gasteiger partial charge in [0.25, 0.3) is 0 Å². The number of aromatic nitrogens is 4. The van der Waals surface area contributed by atoms with Crippen molar-refractivity contribution in [2.45, 2.75) is 13.0 Å². The molecule has 0 bridgehead atoms. The highest BCUT2D eigenvalue weighted by atomic mass is 16.5. The number of benzene rings is 2. The Morgan fingerprint density at radius 1 is 0.667 bits per heavy atom. The minimum Gasteiger partial charge on any atom is -0.477 e. The molecule has 0 aliphatic heterocycles. The smallest absolute Gasteiger partial charge is 0.215 e. The molecule has 0 aliphatic rings. The van der Waals surface area contributed by atoms with E-state index in [1.54, 1.807) is 12.4 Å². The SMILES string of the molecule is NCc1ccc(-c2nc3ccc(OCCc4ccncc4)nc3nc2-c2ccccc2)cc1. The molecule has 0 atom stereocenters. The molecular formula is C27H23N5O. The Morgan fingerprint density at radius 3 is 2.15 bits per heavy atom. The molecule has 162 valence electrons. The van der Waals surface area contributed by atoms with Crippen LogP contribution in [0.15, 0.2) is 91.3 Å². The van der Waals surface area contributed by atoms with Crippen LogP contribution in [0.25, 0.3) is 33.7 Å². The van der Waals surface area contributed by atoms with Gasteiger partial charge in [0.15, 0.2) is 5.65 Å². The van der Waals surface area contributed by atoms with E-state index in [1.165, 1.54) is 5.56 Å². The maximum atomic E-state index is 5.89. The average Bonchev–Trinajstić information content (AvgIpc) is 2.89. The third kappa shape index (κ3) is 4.71. The second-order valence-corrected chi connectivity index (χ2v) is 7.63. The Morgan fingerprint density at radius 2 is 1.39 bits per heavy atom. The van der Waals surface area contributed by atoms with E-state index >= 15 is 0 Å². The van der Waals surface area contributed by atoms with E-state index in [0.717, 1.165) is 34.5 Å². The Bertz CT molecular complexity index is 1360. The van der Waals surface area contributed by atoms with Gasteiger partial charge in [-0.3, -0.25) is 4.98 Å². The molecule has 3 heterocycles. The number of pyridine rings is 2. The molecule has 6 nitrogen and oxygen atoms in total. The molecule has 5 aromatic rings. The van der Waals surface area contributed by atoms with Crippen LogP contribution in [-0.2, 0) is 13.0 Å². The molecule has 0 spiro atoms. The van der Waals surface area contributed by atoms with E-state index in [4.69, 9.17) is 20.4 Å². The lowest BCUT2D eigenvalue weighted by molar-refractivity contribution is 0.310. The lowest BCUT2D eigenvalue weighted by Gasteiger charge is -2.12. The van der Waals surface area contributed by atoms with Crippen molar-refractivity contribution in [3.05, 3.63) is 102 Å². The predicted molar refractivity (Wildman–Crippen MR) is 130 cm³/mol. The molecule has 0 unspecified atom stereocenters. The summed E-state index contributed by atoms with van der Waals surface area (Å²) >= 11 is 0. The van der Waals surface area contributed by atoms with Crippen LogP contribution in [0.3, 0.4) is 0 Å². The van der Waals surface area contributed by atoms with E-state index in [0.29, 0.717) is 30.2 Å². The van der Waals surface area contributed by atoms with Crippen LogP contribution in [0.2, 0.25) is 0 Å². The van der Waals surface area contributed by atoms with Crippen molar-refractivity contribution >= 4 is 11.2 Å². The maximum Gasteiger partial charge on any atom is 0.215 e. The standard InChI is InChI=1S/C27H23N5O/c28-18-20-6-8-22(9-7-20)25-26(21-4-2-1-3-5-21)32-27-23(30-25)10-11-24(31-27)33-17-14-19-12-15-29-16-13-19/h1-13,15-16H,14,17-18,28H2. The first-order valence-corrected chi connectivity index (χ1v) is 10.9. The average molecular weight is 434 g/mol. The predicted octanol–water partition coefficient (Wildman–Crippen LogP) is 4.83. The third-order valence-corrected chi connectivity index (χ3v) is 5.40. The normalized spacial score (nSPS) is 10.9. The Kier molecular flexibility index (Phi) is 5.99. The quantitative estimate of drug-likeness (QED) is 0.395. The Hall–Kier alpha value is -4.16. The highest BCUT2D eigenvalue weighted by Crippen LogP contribution is 2.31. The van der Waals surface area contributed by atoms with Crippen LogP contribution in [0.4, 0.5) is 0 Å². The molecule has 0 radical (unpaired) electrons. The van der Waals surface area contributed by atoms with E-state index < -0.39 is 0 Å². The van der Waals surface area contributed by atoms with Crippen molar-refractivity contribution in [2.75, 3.05) is 6.61 Å². The summed E-state index contributed by atoms with van der Waals surface area (Å²) in [4.78, 5) is 18.5.